The van der Waals surface area contributed by atoms with Crippen LogP contribution in [0.15, 0.2) is 48.7 Å². The Labute approximate surface area is 184 Å². The van der Waals surface area contributed by atoms with Crippen molar-refractivity contribution < 1.29 is 22.8 Å². The molecule has 4 rings (SSSR count). The number of hydrogen-bond acceptors (Lipinski definition) is 4. The van der Waals surface area contributed by atoms with Crippen LogP contribution in [0.2, 0.25) is 0 Å². The second-order valence-corrected chi connectivity index (χ2v) is 8.07. The minimum Gasteiger partial charge on any atom is -0.353 e. The van der Waals surface area contributed by atoms with Gasteiger partial charge in [-0.1, -0.05) is 30.3 Å². The van der Waals surface area contributed by atoms with Gasteiger partial charge in [0.15, 0.2) is 0 Å². The molecule has 2 fully saturated rings. The largest absolute Gasteiger partial charge is 0.417 e. The third-order valence-electron chi connectivity index (χ3n) is 6.01. The summed E-state index contributed by atoms with van der Waals surface area (Å²) >= 11 is 0. The van der Waals surface area contributed by atoms with Crippen molar-refractivity contribution in [1.82, 2.24) is 14.8 Å². The summed E-state index contributed by atoms with van der Waals surface area (Å²) in [6.45, 7) is 2.29. The van der Waals surface area contributed by atoms with Crippen molar-refractivity contribution in [2.45, 2.75) is 31.5 Å². The fraction of sp³-hybridized carbons (Fsp3) is 0.435. The molecule has 0 radical (unpaired) electrons. The lowest BCUT2D eigenvalue weighted by Crippen LogP contribution is -2.53. The fourth-order valence-electron chi connectivity index (χ4n) is 4.26. The van der Waals surface area contributed by atoms with Crippen molar-refractivity contribution in [3.63, 3.8) is 0 Å². The van der Waals surface area contributed by atoms with E-state index in [1.54, 1.807) is 9.80 Å². The number of alkyl halides is 3. The Morgan fingerprint density at radius 1 is 0.938 bits per heavy atom. The highest BCUT2D eigenvalue weighted by Crippen LogP contribution is 2.30. The number of pyridine rings is 1. The van der Waals surface area contributed by atoms with Gasteiger partial charge >= 0.3 is 6.18 Å². The molecule has 0 bridgehead atoms. The standard InChI is InChI=1S/C23H25F3N4O2/c24-23(25,26)18-9-10-19(27-16-18)28-12-14-29(15-13-28)22(32)21(17-6-2-1-3-7-17)30-11-5-4-8-20(30)31/h1-3,6-7,9-10,16,21H,4-5,8,11-15H2. The molecular formula is C23H25F3N4O2. The molecule has 2 aliphatic rings. The summed E-state index contributed by atoms with van der Waals surface area (Å²) in [7, 11) is 0. The van der Waals surface area contributed by atoms with Crippen molar-refractivity contribution >= 4 is 17.6 Å². The number of likely N-dealkylation sites (tertiary alicyclic amines) is 1. The van der Waals surface area contributed by atoms with Gasteiger partial charge < -0.3 is 14.7 Å². The van der Waals surface area contributed by atoms with Crippen LogP contribution in [0.5, 0.6) is 0 Å². The molecule has 0 aliphatic carbocycles. The molecule has 170 valence electrons. The molecule has 32 heavy (non-hydrogen) atoms. The van der Waals surface area contributed by atoms with E-state index < -0.39 is 17.8 Å². The van der Waals surface area contributed by atoms with E-state index in [0.717, 1.165) is 30.7 Å². The molecule has 6 nitrogen and oxygen atoms in total. The Bertz CT molecular complexity index is 942. The number of piperidine rings is 1. The Balaban J connectivity index is 1.46. The SMILES string of the molecule is O=C(C(c1ccccc1)N1CCCCC1=O)N1CCN(c2ccc(C(F)(F)F)cn2)CC1. The fourth-order valence-corrected chi connectivity index (χ4v) is 4.26. The zero-order valence-electron chi connectivity index (χ0n) is 17.6. The number of piperazine rings is 1. The highest BCUT2D eigenvalue weighted by atomic mass is 19.4. The van der Waals surface area contributed by atoms with Crippen LogP contribution in [0.3, 0.4) is 0 Å². The maximum Gasteiger partial charge on any atom is 0.417 e. The Morgan fingerprint density at radius 2 is 1.66 bits per heavy atom. The third kappa shape index (κ3) is 4.71. The normalized spacial score (nSPS) is 18.6. The summed E-state index contributed by atoms with van der Waals surface area (Å²) in [5, 5.41) is 0. The van der Waals surface area contributed by atoms with Crippen molar-refractivity contribution in [1.29, 1.82) is 0 Å². The second-order valence-electron chi connectivity index (χ2n) is 8.07. The zero-order valence-corrected chi connectivity index (χ0v) is 17.6. The van der Waals surface area contributed by atoms with Gasteiger partial charge in [-0.25, -0.2) is 4.98 Å². The lowest BCUT2D eigenvalue weighted by molar-refractivity contribution is -0.148. The third-order valence-corrected chi connectivity index (χ3v) is 6.01. The Kier molecular flexibility index (Phi) is 6.34. The summed E-state index contributed by atoms with van der Waals surface area (Å²) in [5.41, 5.74) is 0.00607. The van der Waals surface area contributed by atoms with E-state index in [0.29, 0.717) is 45.0 Å². The molecule has 3 heterocycles. The van der Waals surface area contributed by atoms with Gasteiger partial charge in [0.25, 0.3) is 0 Å². The van der Waals surface area contributed by atoms with Crippen molar-refractivity contribution in [2.24, 2.45) is 0 Å². The molecule has 0 saturated carbocycles. The van der Waals surface area contributed by atoms with E-state index >= 15 is 0 Å². The summed E-state index contributed by atoms with van der Waals surface area (Å²) < 4.78 is 38.3. The minimum atomic E-state index is -4.42. The summed E-state index contributed by atoms with van der Waals surface area (Å²) in [6.07, 6.45) is -1.43. The van der Waals surface area contributed by atoms with Crippen LogP contribution in [-0.4, -0.2) is 59.3 Å². The van der Waals surface area contributed by atoms with Crippen molar-refractivity contribution in [2.75, 3.05) is 37.6 Å². The van der Waals surface area contributed by atoms with Gasteiger partial charge in [-0.2, -0.15) is 13.2 Å². The molecule has 2 aromatic rings. The van der Waals surface area contributed by atoms with Crippen LogP contribution in [0.1, 0.15) is 36.4 Å². The quantitative estimate of drug-likeness (QED) is 0.722. The van der Waals surface area contributed by atoms with Gasteiger partial charge in [-0.15, -0.1) is 0 Å². The number of benzene rings is 1. The molecule has 1 aromatic heterocycles. The number of nitrogens with zero attached hydrogens (tertiary/aromatic N) is 4. The lowest BCUT2D eigenvalue weighted by Gasteiger charge is -2.40. The number of aromatic nitrogens is 1. The number of rotatable bonds is 4. The first-order valence-corrected chi connectivity index (χ1v) is 10.8. The van der Waals surface area contributed by atoms with Gasteiger partial charge in [-0.3, -0.25) is 9.59 Å². The zero-order chi connectivity index (χ0) is 22.7. The van der Waals surface area contributed by atoms with E-state index in [4.69, 9.17) is 0 Å². The first-order valence-electron chi connectivity index (χ1n) is 10.8. The average molecular weight is 446 g/mol. The van der Waals surface area contributed by atoms with Gasteiger partial charge in [0.2, 0.25) is 11.8 Å². The average Bonchev–Trinajstić information content (AvgIpc) is 2.81. The molecular weight excluding hydrogens is 421 g/mol. The highest BCUT2D eigenvalue weighted by molar-refractivity contribution is 5.89. The molecule has 0 N–H and O–H groups in total. The van der Waals surface area contributed by atoms with Crippen molar-refractivity contribution in [3.8, 4) is 0 Å². The monoisotopic (exact) mass is 446 g/mol. The second kappa shape index (κ2) is 9.18. The summed E-state index contributed by atoms with van der Waals surface area (Å²) in [6, 6.07) is 11.1. The van der Waals surface area contributed by atoms with Gasteiger partial charge in [0, 0.05) is 45.3 Å². The molecule has 2 aliphatic heterocycles. The summed E-state index contributed by atoms with van der Waals surface area (Å²) in [4.78, 5) is 35.3. The van der Waals surface area contributed by atoms with E-state index in [9.17, 15) is 22.8 Å². The first kappa shape index (κ1) is 22.1. The number of anilines is 1. The molecule has 2 amide bonds. The molecule has 1 unspecified atom stereocenters. The van der Waals surface area contributed by atoms with Crippen LogP contribution < -0.4 is 4.90 Å². The van der Waals surface area contributed by atoms with Crippen LogP contribution in [-0.2, 0) is 15.8 Å². The van der Waals surface area contributed by atoms with Crippen LogP contribution in [0, 0.1) is 0 Å². The Hall–Kier alpha value is -3.10. The number of hydrogen-bond donors (Lipinski definition) is 0. The van der Waals surface area contributed by atoms with E-state index in [1.807, 2.05) is 35.2 Å². The van der Waals surface area contributed by atoms with E-state index in [2.05, 4.69) is 4.98 Å². The predicted octanol–water partition coefficient (Wildman–Crippen LogP) is 3.50. The minimum absolute atomic E-state index is 0.00829. The van der Waals surface area contributed by atoms with E-state index in [-0.39, 0.29) is 11.8 Å². The number of halogens is 3. The van der Waals surface area contributed by atoms with Gasteiger partial charge in [-0.05, 0) is 30.5 Å². The van der Waals surface area contributed by atoms with Crippen molar-refractivity contribution in [3.05, 3.63) is 59.8 Å². The molecule has 1 atom stereocenters. The number of amides is 2. The first-order chi connectivity index (χ1) is 15.3. The molecule has 9 heteroatoms. The lowest BCUT2D eigenvalue weighted by atomic mass is 9.99. The van der Waals surface area contributed by atoms with Crippen LogP contribution >= 0.6 is 0 Å². The Morgan fingerprint density at radius 3 is 2.25 bits per heavy atom. The highest BCUT2D eigenvalue weighted by Gasteiger charge is 2.36. The number of carbonyl (C=O) groups is 2. The maximum absolute atomic E-state index is 13.5. The molecule has 2 saturated heterocycles. The number of carbonyl (C=O) groups excluding carboxylic acids is 2. The molecule has 1 aromatic carbocycles. The summed E-state index contributed by atoms with van der Waals surface area (Å²) in [5.74, 6) is 0.327. The molecule has 0 spiro atoms. The predicted molar refractivity (Wildman–Crippen MR) is 113 cm³/mol. The van der Waals surface area contributed by atoms with Crippen LogP contribution in [0.25, 0.3) is 0 Å². The smallest absolute Gasteiger partial charge is 0.353 e. The van der Waals surface area contributed by atoms with Crippen LogP contribution in [0.4, 0.5) is 19.0 Å². The van der Waals surface area contributed by atoms with E-state index in [1.165, 1.54) is 6.07 Å². The van der Waals surface area contributed by atoms with Gasteiger partial charge in [0.05, 0.1) is 5.56 Å². The topological polar surface area (TPSA) is 56.8 Å². The maximum atomic E-state index is 13.5. The van der Waals surface area contributed by atoms with Gasteiger partial charge in [0.1, 0.15) is 11.9 Å².